The molecular weight excluding hydrogens is 343 g/mol. The van der Waals surface area contributed by atoms with Crippen LogP contribution in [0.2, 0.25) is 0 Å². The van der Waals surface area contributed by atoms with Crippen molar-refractivity contribution in [3.8, 4) is 5.75 Å². The summed E-state index contributed by atoms with van der Waals surface area (Å²) >= 11 is 0. The average Bonchev–Trinajstić information content (AvgIpc) is 3.15. The first-order valence-corrected chi connectivity index (χ1v) is 9.37. The van der Waals surface area contributed by atoms with Gasteiger partial charge < -0.3 is 9.64 Å². The highest BCUT2D eigenvalue weighted by atomic mass is 19.1. The zero-order valence-corrected chi connectivity index (χ0v) is 15.2. The molecule has 0 bridgehead atoms. The Morgan fingerprint density at radius 2 is 1.93 bits per heavy atom. The van der Waals surface area contributed by atoms with Crippen LogP contribution in [-0.4, -0.2) is 48.5 Å². The van der Waals surface area contributed by atoms with Gasteiger partial charge in [0.1, 0.15) is 11.6 Å². The molecule has 0 aliphatic carbocycles. The Morgan fingerprint density at radius 1 is 1.11 bits per heavy atom. The Bertz CT molecular complexity index is 857. The fourth-order valence-electron chi connectivity index (χ4n) is 3.60. The van der Waals surface area contributed by atoms with Crippen LogP contribution in [0.3, 0.4) is 0 Å². The van der Waals surface area contributed by atoms with Crippen LogP contribution in [0.15, 0.2) is 48.5 Å². The molecule has 1 amide bonds. The highest BCUT2D eigenvalue weighted by Crippen LogP contribution is 2.26. The van der Waals surface area contributed by atoms with Gasteiger partial charge in [-0.05, 0) is 29.3 Å². The summed E-state index contributed by atoms with van der Waals surface area (Å²) in [4.78, 5) is 16.5. The first-order chi connectivity index (χ1) is 13.2. The van der Waals surface area contributed by atoms with Crippen LogP contribution >= 0.6 is 0 Å². The molecule has 0 radical (unpaired) electrons. The molecule has 4 nitrogen and oxygen atoms in total. The maximum Gasteiger partial charge on any atom is 0.246 e. The van der Waals surface area contributed by atoms with Crippen molar-refractivity contribution in [1.29, 1.82) is 0 Å². The van der Waals surface area contributed by atoms with Crippen molar-refractivity contribution < 1.29 is 13.9 Å². The van der Waals surface area contributed by atoms with Gasteiger partial charge in [-0.2, -0.15) is 0 Å². The number of rotatable bonds is 4. The molecule has 0 unspecified atom stereocenters. The second-order valence-electron chi connectivity index (χ2n) is 7.00. The quantitative estimate of drug-likeness (QED) is 0.780. The minimum Gasteiger partial charge on any atom is -0.493 e. The Balaban J connectivity index is 1.29. The van der Waals surface area contributed by atoms with E-state index in [1.807, 2.05) is 4.90 Å². The fraction of sp³-hybridized carbons (Fsp3) is 0.318. The zero-order chi connectivity index (χ0) is 18.6. The van der Waals surface area contributed by atoms with Gasteiger partial charge in [0.2, 0.25) is 5.91 Å². The van der Waals surface area contributed by atoms with Gasteiger partial charge in [-0.3, -0.25) is 9.69 Å². The highest BCUT2D eigenvalue weighted by molar-refractivity contribution is 5.91. The van der Waals surface area contributed by atoms with E-state index in [0.29, 0.717) is 18.7 Å². The lowest BCUT2D eigenvalue weighted by Crippen LogP contribution is -2.47. The molecule has 0 N–H and O–H groups in total. The number of piperazine rings is 1. The van der Waals surface area contributed by atoms with E-state index in [-0.39, 0.29) is 11.7 Å². The highest BCUT2D eigenvalue weighted by Gasteiger charge is 2.20. The number of fused-ring (bicyclic) bond motifs is 1. The lowest BCUT2D eigenvalue weighted by molar-refractivity contribution is -0.127. The van der Waals surface area contributed by atoms with E-state index in [4.69, 9.17) is 4.74 Å². The van der Waals surface area contributed by atoms with Gasteiger partial charge in [0.15, 0.2) is 0 Å². The maximum absolute atomic E-state index is 13.6. The largest absolute Gasteiger partial charge is 0.493 e. The second kappa shape index (κ2) is 7.92. The molecule has 0 atom stereocenters. The third-order valence-corrected chi connectivity index (χ3v) is 5.15. The maximum atomic E-state index is 13.6. The van der Waals surface area contributed by atoms with Gasteiger partial charge in [-0.1, -0.05) is 30.3 Å². The summed E-state index contributed by atoms with van der Waals surface area (Å²) in [6, 6.07) is 12.9. The molecule has 2 aromatic carbocycles. The zero-order valence-electron chi connectivity index (χ0n) is 15.2. The lowest BCUT2D eigenvalue weighted by Gasteiger charge is -2.34. The van der Waals surface area contributed by atoms with E-state index in [0.717, 1.165) is 38.4 Å². The fourth-order valence-corrected chi connectivity index (χ4v) is 3.60. The third-order valence-electron chi connectivity index (χ3n) is 5.15. The summed E-state index contributed by atoms with van der Waals surface area (Å²) in [5, 5.41) is 0. The summed E-state index contributed by atoms with van der Waals surface area (Å²) in [6.07, 6.45) is 4.00. The predicted molar refractivity (Wildman–Crippen MR) is 103 cm³/mol. The van der Waals surface area contributed by atoms with Crippen LogP contribution in [-0.2, 0) is 17.8 Å². The van der Waals surface area contributed by atoms with Gasteiger partial charge in [0, 0.05) is 50.8 Å². The summed E-state index contributed by atoms with van der Waals surface area (Å²) < 4.78 is 19.2. The minimum atomic E-state index is -0.314. The monoisotopic (exact) mass is 366 g/mol. The molecule has 2 aliphatic heterocycles. The summed E-state index contributed by atoms with van der Waals surface area (Å²) in [7, 11) is 0. The summed E-state index contributed by atoms with van der Waals surface area (Å²) in [6.45, 7) is 4.73. The molecule has 2 aromatic rings. The van der Waals surface area contributed by atoms with Gasteiger partial charge in [0.05, 0.1) is 6.61 Å². The SMILES string of the molecule is O=C(C=Cc1ccccc1F)N1CCN(Cc2ccc3c(c2)CCO3)CC1. The number of halogens is 1. The average molecular weight is 366 g/mol. The van der Waals surface area contributed by atoms with Crippen LogP contribution < -0.4 is 4.74 Å². The van der Waals surface area contributed by atoms with Crippen molar-refractivity contribution in [3.63, 3.8) is 0 Å². The predicted octanol–water partition coefficient (Wildman–Crippen LogP) is 3.12. The van der Waals surface area contributed by atoms with E-state index in [1.54, 1.807) is 24.3 Å². The Hall–Kier alpha value is -2.66. The Morgan fingerprint density at radius 3 is 2.74 bits per heavy atom. The second-order valence-corrected chi connectivity index (χ2v) is 7.00. The van der Waals surface area contributed by atoms with Crippen molar-refractivity contribution >= 4 is 12.0 Å². The third kappa shape index (κ3) is 4.19. The first-order valence-electron chi connectivity index (χ1n) is 9.37. The van der Waals surface area contributed by atoms with E-state index in [1.165, 1.54) is 23.3 Å². The van der Waals surface area contributed by atoms with Crippen LogP contribution in [0, 0.1) is 5.82 Å². The van der Waals surface area contributed by atoms with E-state index >= 15 is 0 Å². The molecule has 27 heavy (non-hydrogen) atoms. The molecule has 5 heteroatoms. The summed E-state index contributed by atoms with van der Waals surface area (Å²) in [5.74, 6) is 0.634. The van der Waals surface area contributed by atoms with Crippen LogP contribution in [0.1, 0.15) is 16.7 Å². The summed E-state index contributed by atoms with van der Waals surface area (Å²) in [5.41, 5.74) is 3.02. The molecule has 2 aliphatic rings. The number of carbonyl (C=O) groups excluding carboxylic acids is 1. The number of hydrogen-bond donors (Lipinski definition) is 0. The standard InChI is InChI=1S/C22H23FN2O2/c23-20-4-2-1-3-18(20)6-8-22(26)25-12-10-24(11-13-25)16-17-5-7-21-19(15-17)9-14-27-21/h1-8,15H,9-14,16H2. The Kier molecular flexibility index (Phi) is 5.21. The van der Waals surface area contributed by atoms with Crippen molar-refractivity contribution in [2.24, 2.45) is 0 Å². The molecule has 0 spiro atoms. The van der Waals surface area contributed by atoms with E-state index in [9.17, 15) is 9.18 Å². The van der Waals surface area contributed by atoms with Crippen LogP contribution in [0.5, 0.6) is 5.75 Å². The lowest BCUT2D eigenvalue weighted by atomic mass is 10.1. The molecule has 1 saturated heterocycles. The minimum absolute atomic E-state index is 0.0624. The molecule has 0 saturated carbocycles. The van der Waals surface area contributed by atoms with Crippen LogP contribution in [0.4, 0.5) is 4.39 Å². The molecule has 140 valence electrons. The molecule has 2 heterocycles. The number of nitrogens with zero attached hydrogens (tertiary/aromatic N) is 2. The Labute approximate surface area is 158 Å². The normalized spacial score (nSPS) is 17.1. The molecule has 1 fully saturated rings. The van der Waals surface area contributed by atoms with Gasteiger partial charge in [-0.15, -0.1) is 0 Å². The molecule has 0 aromatic heterocycles. The van der Waals surface area contributed by atoms with E-state index < -0.39 is 0 Å². The smallest absolute Gasteiger partial charge is 0.246 e. The first kappa shape index (κ1) is 17.7. The van der Waals surface area contributed by atoms with Crippen molar-refractivity contribution in [2.75, 3.05) is 32.8 Å². The molecular formula is C22H23FN2O2. The van der Waals surface area contributed by atoms with Crippen molar-refractivity contribution in [1.82, 2.24) is 9.80 Å². The number of carbonyl (C=O) groups is 1. The van der Waals surface area contributed by atoms with Crippen LogP contribution in [0.25, 0.3) is 6.08 Å². The van der Waals surface area contributed by atoms with Crippen molar-refractivity contribution in [2.45, 2.75) is 13.0 Å². The molecule has 4 rings (SSSR count). The topological polar surface area (TPSA) is 32.8 Å². The van der Waals surface area contributed by atoms with Gasteiger partial charge in [-0.25, -0.2) is 4.39 Å². The number of ether oxygens (including phenoxy) is 1. The van der Waals surface area contributed by atoms with E-state index in [2.05, 4.69) is 23.1 Å². The van der Waals surface area contributed by atoms with Crippen molar-refractivity contribution in [3.05, 3.63) is 71.0 Å². The number of benzene rings is 2. The van der Waals surface area contributed by atoms with Gasteiger partial charge in [0.25, 0.3) is 0 Å². The number of amides is 1. The van der Waals surface area contributed by atoms with Gasteiger partial charge >= 0.3 is 0 Å². The number of hydrogen-bond acceptors (Lipinski definition) is 3.